The van der Waals surface area contributed by atoms with Crippen LogP contribution in [-0.2, 0) is 21.4 Å². The zero-order valence-electron chi connectivity index (χ0n) is 16.9. The molecule has 0 saturated heterocycles. The molecule has 10 heteroatoms. The molecule has 0 aliphatic carbocycles. The summed E-state index contributed by atoms with van der Waals surface area (Å²) >= 11 is 5.82. The minimum atomic E-state index is -3.74. The molecule has 1 aromatic heterocycles. The van der Waals surface area contributed by atoms with Gasteiger partial charge in [0.25, 0.3) is 5.91 Å². The van der Waals surface area contributed by atoms with E-state index in [9.17, 15) is 18.0 Å². The highest BCUT2D eigenvalue weighted by Crippen LogP contribution is 2.15. The number of anilines is 1. The first-order chi connectivity index (χ1) is 15.3. The Hall–Kier alpha value is -3.27. The number of hydrogen-bond acceptors (Lipinski definition) is 5. The fourth-order valence-corrected chi connectivity index (χ4v) is 4.10. The predicted octanol–water partition coefficient (Wildman–Crippen LogP) is 2.97. The van der Waals surface area contributed by atoms with Crippen LogP contribution >= 0.6 is 11.6 Å². The van der Waals surface area contributed by atoms with Gasteiger partial charge in [-0.3, -0.25) is 14.6 Å². The predicted molar refractivity (Wildman–Crippen MR) is 122 cm³/mol. The van der Waals surface area contributed by atoms with Gasteiger partial charge in [0, 0.05) is 48.2 Å². The molecule has 0 aliphatic heterocycles. The number of halogens is 1. The molecule has 3 N–H and O–H groups in total. The van der Waals surface area contributed by atoms with Crippen LogP contribution in [0.25, 0.3) is 0 Å². The molecule has 0 saturated carbocycles. The van der Waals surface area contributed by atoms with Crippen molar-refractivity contribution >= 4 is 39.1 Å². The third-order valence-electron chi connectivity index (χ3n) is 4.37. The van der Waals surface area contributed by atoms with Gasteiger partial charge in [-0.05, 0) is 48.0 Å². The molecule has 0 aliphatic rings. The van der Waals surface area contributed by atoms with Crippen molar-refractivity contribution in [3.8, 4) is 0 Å². The lowest BCUT2D eigenvalue weighted by Crippen LogP contribution is -2.30. The molecule has 3 rings (SSSR count). The van der Waals surface area contributed by atoms with Crippen molar-refractivity contribution in [2.45, 2.75) is 17.9 Å². The van der Waals surface area contributed by atoms with Crippen LogP contribution in [0.4, 0.5) is 5.69 Å². The molecule has 1 heterocycles. The maximum Gasteiger partial charge on any atom is 0.255 e. The zero-order chi connectivity index (χ0) is 23.0. The second-order valence-electron chi connectivity index (χ2n) is 6.77. The van der Waals surface area contributed by atoms with Gasteiger partial charge in [0.1, 0.15) is 0 Å². The third-order valence-corrected chi connectivity index (χ3v) is 6.06. The van der Waals surface area contributed by atoms with Gasteiger partial charge in [-0.25, -0.2) is 13.1 Å². The molecule has 2 aromatic carbocycles. The Morgan fingerprint density at radius 3 is 2.47 bits per heavy atom. The summed E-state index contributed by atoms with van der Waals surface area (Å²) in [5.41, 5.74) is 1.86. The lowest BCUT2D eigenvalue weighted by molar-refractivity contribution is -0.121. The SMILES string of the molecule is O=C(CCNS(=O)(=O)c1cccc(Cl)c1)NCc1cccc(NC(=O)c2ccncc2)c1. The molecule has 0 spiro atoms. The Kier molecular flexibility index (Phi) is 7.93. The summed E-state index contributed by atoms with van der Waals surface area (Å²) in [5.74, 6) is -0.578. The molecule has 166 valence electrons. The van der Waals surface area contributed by atoms with Crippen LogP contribution in [0.2, 0.25) is 5.02 Å². The van der Waals surface area contributed by atoms with Gasteiger partial charge in [-0.15, -0.1) is 0 Å². The van der Waals surface area contributed by atoms with E-state index in [2.05, 4.69) is 20.3 Å². The lowest BCUT2D eigenvalue weighted by atomic mass is 10.2. The van der Waals surface area contributed by atoms with Gasteiger partial charge in [-0.2, -0.15) is 0 Å². The van der Waals surface area contributed by atoms with Crippen molar-refractivity contribution in [1.29, 1.82) is 0 Å². The largest absolute Gasteiger partial charge is 0.352 e. The number of benzene rings is 2. The quantitative estimate of drug-likeness (QED) is 0.442. The van der Waals surface area contributed by atoms with Crippen LogP contribution in [0.5, 0.6) is 0 Å². The van der Waals surface area contributed by atoms with Crippen molar-refractivity contribution in [2.24, 2.45) is 0 Å². The maximum absolute atomic E-state index is 12.2. The second-order valence-corrected chi connectivity index (χ2v) is 8.98. The van der Waals surface area contributed by atoms with Gasteiger partial charge in [-0.1, -0.05) is 29.8 Å². The summed E-state index contributed by atoms with van der Waals surface area (Å²) in [5, 5.41) is 5.83. The number of nitrogens with one attached hydrogen (secondary N) is 3. The molecule has 0 atom stereocenters. The number of aromatic nitrogens is 1. The molecule has 8 nitrogen and oxygen atoms in total. The Morgan fingerprint density at radius 2 is 1.72 bits per heavy atom. The topological polar surface area (TPSA) is 117 Å². The average molecular weight is 473 g/mol. The highest BCUT2D eigenvalue weighted by Gasteiger charge is 2.14. The molecule has 0 radical (unpaired) electrons. The van der Waals surface area contributed by atoms with E-state index in [1.807, 2.05) is 6.07 Å². The van der Waals surface area contributed by atoms with Crippen molar-refractivity contribution < 1.29 is 18.0 Å². The van der Waals surface area contributed by atoms with Crippen LogP contribution in [0.1, 0.15) is 22.3 Å². The summed E-state index contributed by atoms with van der Waals surface area (Å²) in [4.78, 5) is 28.3. The Bertz CT molecular complexity index is 1200. The molecule has 0 fully saturated rings. The van der Waals surface area contributed by atoms with Gasteiger partial charge >= 0.3 is 0 Å². The second kappa shape index (κ2) is 10.9. The van der Waals surface area contributed by atoms with Crippen molar-refractivity contribution in [3.63, 3.8) is 0 Å². The van der Waals surface area contributed by atoms with E-state index < -0.39 is 10.0 Å². The minimum Gasteiger partial charge on any atom is -0.352 e. The van der Waals surface area contributed by atoms with E-state index in [0.29, 0.717) is 16.3 Å². The third kappa shape index (κ3) is 6.88. The number of pyridine rings is 1. The number of carbonyl (C=O) groups excluding carboxylic acids is 2. The number of carbonyl (C=O) groups is 2. The number of hydrogen-bond donors (Lipinski definition) is 3. The van der Waals surface area contributed by atoms with E-state index in [1.54, 1.807) is 36.4 Å². The van der Waals surface area contributed by atoms with Crippen LogP contribution in [0, 0.1) is 0 Å². The first-order valence-electron chi connectivity index (χ1n) is 9.66. The van der Waals surface area contributed by atoms with E-state index in [4.69, 9.17) is 11.6 Å². The fraction of sp³-hybridized carbons (Fsp3) is 0.136. The maximum atomic E-state index is 12.2. The smallest absolute Gasteiger partial charge is 0.255 e. The van der Waals surface area contributed by atoms with Crippen LogP contribution in [0.15, 0.2) is 78.0 Å². The summed E-state index contributed by atoms with van der Waals surface area (Å²) in [6, 6.07) is 16.2. The van der Waals surface area contributed by atoms with Gasteiger partial charge in [0.2, 0.25) is 15.9 Å². The summed E-state index contributed by atoms with van der Waals surface area (Å²) in [7, 11) is -3.74. The normalized spacial score (nSPS) is 11.0. The van der Waals surface area contributed by atoms with Gasteiger partial charge < -0.3 is 10.6 Å². The molecule has 32 heavy (non-hydrogen) atoms. The molecular weight excluding hydrogens is 452 g/mol. The standard InChI is InChI=1S/C22H21ClN4O4S/c23-18-4-2-6-20(14-18)32(30,31)26-12-9-21(28)25-15-16-3-1-5-19(13-16)27-22(29)17-7-10-24-11-8-17/h1-8,10-11,13-14,26H,9,12,15H2,(H,25,28)(H,27,29). The lowest BCUT2D eigenvalue weighted by Gasteiger charge is -2.10. The molecule has 0 unspecified atom stereocenters. The Morgan fingerprint density at radius 1 is 0.969 bits per heavy atom. The minimum absolute atomic E-state index is 0.0295. The average Bonchev–Trinajstić information content (AvgIpc) is 2.78. The summed E-state index contributed by atoms with van der Waals surface area (Å²) in [6.07, 6.45) is 3.05. The highest BCUT2D eigenvalue weighted by molar-refractivity contribution is 7.89. The van der Waals surface area contributed by atoms with Crippen molar-refractivity contribution in [2.75, 3.05) is 11.9 Å². The Labute approximate surface area is 191 Å². The summed E-state index contributed by atoms with van der Waals surface area (Å²) < 4.78 is 26.8. The van der Waals surface area contributed by atoms with E-state index >= 15 is 0 Å². The zero-order valence-corrected chi connectivity index (χ0v) is 18.5. The van der Waals surface area contributed by atoms with Crippen molar-refractivity contribution in [3.05, 3.63) is 89.2 Å². The first kappa shape index (κ1) is 23.4. The number of rotatable bonds is 9. The molecule has 3 aromatic rings. The first-order valence-corrected chi connectivity index (χ1v) is 11.5. The van der Waals surface area contributed by atoms with Crippen LogP contribution < -0.4 is 15.4 Å². The number of nitrogens with zero attached hydrogens (tertiary/aromatic N) is 1. The monoisotopic (exact) mass is 472 g/mol. The molecule has 2 amide bonds. The molecule has 0 bridgehead atoms. The summed E-state index contributed by atoms with van der Waals surface area (Å²) in [6.45, 7) is 0.182. The fourth-order valence-electron chi connectivity index (χ4n) is 2.77. The van der Waals surface area contributed by atoms with E-state index in [1.165, 1.54) is 30.6 Å². The van der Waals surface area contributed by atoms with Crippen LogP contribution in [-0.4, -0.2) is 31.8 Å². The van der Waals surface area contributed by atoms with Gasteiger partial charge in [0.05, 0.1) is 4.90 Å². The van der Waals surface area contributed by atoms with Crippen molar-refractivity contribution in [1.82, 2.24) is 15.0 Å². The van der Waals surface area contributed by atoms with Crippen LogP contribution in [0.3, 0.4) is 0 Å². The van der Waals surface area contributed by atoms with Gasteiger partial charge in [0.15, 0.2) is 0 Å². The molecular formula is C22H21ClN4O4S. The number of sulfonamides is 1. The van der Waals surface area contributed by atoms with E-state index in [0.717, 1.165) is 5.56 Å². The highest BCUT2D eigenvalue weighted by atomic mass is 35.5. The number of amides is 2. The van der Waals surface area contributed by atoms with E-state index in [-0.39, 0.29) is 36.2 Å². The Balaban J connectivity index is 1.47.